The van der Waals surface area contributed by atoms with Gasteiger partial charge in [0.15, 0.2) is 11.5 Å². The Balaban J connectivity index is 1.38. The lowest BCUT2D eigenvalue weighted by atomic mass is 10.0. The van der Waals surface area contributed by atoms with E-state index >= 15 is 0 Å². The van der Waals surface area contributed by atoms with Gasteiger partial charge in [0.2, 0.25) is 5.91 Å². The summed E-state index contributed by atoms with van der Waals surface area (Å²) in [6, 6.07) is 9.23. The number of amides is 2. The van der Waals surface area contributed by atoms with E-state index in [9.17, 15) is 9.59 Å². The number of nitrogens with one attached hydrogen (secondary N) is 2. The van der Waals surface area contributed by atoms with E-state index in [1.165, 1.54) is 4.90 Å². The molecule has 0 spiro atoms. The lowest BCUT2D eigenvalue weighted by molar-refractivity contribution is -0.138. The molecule has 0 radical (unpaired) electrons. The molecule has 2 aliphatic rings. The Morgan fingerprint density at radius 2 is 2.07 bits per heavy atom. The number of hydrazine groups is 1. The summed E-state index contributed by atoms with van der Waals surface area (Å²) in [4.78, 5) is 27.8. The van der Waals surface area contributed by atoms with Crippen LogP contribution in [-0.2, 0) is 16.1 Å². The number of rotatable bonds is 7. The van der Waals surface area contributed by atoms with E-state index in [2.05, 4.69) is 10.7 Å². The Hall–Kier alpha value is -3.04. The number of hydrogen-bond donors (Lipinski definition) is 2. The van der Waals surface area contributed by atoms with Crippen molar-refractivity contribution in [2.24, 2.45) is 0 Å². The Morgan fingerprint density at radius 1 is 1.23 bits per heavy atom. The van der Waals surface area contributed by atoms with Crippen LogP contribution >= 0.6 is 11.3 Å². The van der Waals surface area contributed by atoms with E-state index in [0.29, 0.717) is 24.5 Å². The number of carbonyl (C=O) groups is 2. The van der Waals surface area contributed by atoms with Gasteiger partial charge in [-0.3, -0.25) is 9.59 Å². The molecule has 2 amide bonds. The Bertz CT molecular complexity index is 946. The molecule has 2 unspecified atom stereocenters. The smallest absolute Gasteiger partial charge is 0.251 e. The molecular weight excluding hydrogens is 404 g/mol. The zero-order valence-corrected chi connectivity index (χ0v) is 17.6. The van der Waals surface area contributed by atoms with Gasteiger partial charge in [-0.15, -0.1) is 11.3 Å². The third-order valence-corrected chi connectivity index (χ3v) is 6.12. The predicted octanol–water partition coefficient (Wildman–Crippen LogP) is 2.02. The minimum absolute atomic E-state index is 0.00603. The van der Waals surface area contributed by atoms with E-state index in [1.807, 2.05) is 40.7 Å². The number of benzene rings is 1. The maximum Gasteiger partial charge on any atom is 0.251 e. The molecule has 1 aromatic heterocycles. The molecule has 3 heterocycles. The van der Waals surface area contributed by atoms with Crippen molar-refractivity contribution in [2.75, 3.05) is 20.8 Å². The number of fused-ring (bicyclic) bond motifs is 1. The van der Waals surface area contributed by atoms with Crippen LogP contribution in [0.3, 0.4) is 0 Å². The van der Waals surface area contributed by atoms with E-state index in [4.69, 9.17) is 9.47 Å². The van der Waals surface area contributed by atoms with Gasteiger partial charge in [0.1, 0.15) is 12.6 Å². The molecule has 0 saturated carbocycles. The van der Waals surface area contributed by atoms with Crippen LogP contribution in [0.4, 0.5) is 0 Å². The van der Waals surface area contributed by atoms with Crippen LogP contribution in [0.1, 0.15) is 22.9 Å². The highest BCUT2D eigenvalue weighted by atomic mass is 32.1. The van der Waals surface area contributed by atoms with Crippen LogP contribution < -0.4 is 20.2 Å². The monoisotopic (exact) mass is 428 g/mol. The minimum atomic E-state index is -0.363. The lowest BCUT2D eigenvalue weighted by Gasteiger charge is -2.31. The normalized spacial score (nSPS) is 20.3. The SMILES string of the molecule is COc1ccc(C2CC3C(=O)N(CC(=O)NCc4cccs4)C=CN3N2)cc1OC. The van der Waals surface area contributed by atoms with Gasteiger partial charge in [-0.2, -0.15) is 0 Å². The van der Waals surface area contributed by atoms with E-state index in [1.54, 1.807) is 38.0 Å². The van der Waals surface area contributed by atoms with Gasteiger partial charge in [-0.25, -0.2) is 5.43 Å². The number of nitrogens with zero attached hydrogens (tertiary/aromatic N) is 2. The fourth-order valence-electron chi connectivity index (χ4n) is 3.66. The molecule has 1 saturated heterocycles. The van der Waals surface area contributed by atoms with Crippen molar-refractivity contribution in [3.63, 3.8) is 0 Å². The van der Waals surface area contributed by atoms with Gasteiger partial charge in [0, 0.05) is 17.3 Å². The van der Waals surface area contributed by atoms with E-state index in [0.717, 1.165) is 10.4 Å². The van der Waals surface area contributed by atoms with Crippen LogP contribution in [-0.4, -0.2) is 48.5 Å². The molecule has 2 atom stereocenters. The highest BCUT2D eigenvalue weighted by Crippen LogP contribution is 2.35. The first-order chi connectivity index (χ1) is 14.6. The number of thiophene rings is 1. The summed E-state index contributed by atoms with van der Waals surface area (Å²) in [6.07, 6.45) is 4.04. The molecule has 1 aromatic carbocycles. The third kappa shape index (κ3) is 4.12. The van der Waals surface area contributed by atoms with Crippen molar-refractivity contribution in [1.82, 2.24) is 20.7 Å². The van der Waals surface area contributed by atoms with Crippen molar-refractivity contribution in [2.45, 2.75) is 25.0 Å². The summed E-state index contributed by atoms with van der Waals surface area (Å²) >= 11 is 1.59. The van der Waals surface area contributed by atoms with Crippen LogP contribution in [0.2, 0.25) is 0 Å². The van der Waals surface area contributed by atoms with Gasteiger partial charge in [-0.1, -0.05) is 12.1 Å². The predicted molar refractivity (Wildman–Crippen MR) is 113 cm³/mol. The molecule has 2 N–H and O–H groups in total. The minimum Gasteiger partial charge on any atom is -0.493 e. The zero-order valence-electron chi connectivity index (χ0n) is 16.8. The third-order valence-electron chi connectivity index (χ3n) is 5.24. The summed E-state index contributed by atoms with van der Waals surface area (Å²) < 4.78 is 10.7. The van der Waals surface area contributed by atoms with Crippen LogP contribution in [0.5, 0.6) is 11.5 Å². The molecule has 0 aliphatic carbocycles. The highest BCUT2D eigenvalue weighted by molar-refractivity contribution is 7.09. The fourth-order valence-corrected chi connectivity index (χ4v) is 4.31. The van der Waals surface area contributed by atoms with Gasteiger partial charge in [0.25, 0.3) is 5.91 Å². The second kappa shape index (κ2) is 8.76. The quantitative estimate of drug-likeness (QED) is 0.702. The maximum absolute atomic E-state index is 12.9. The van der Waals surface area contributed by atoms with Gasteiger partial charge < -0.3 is 24.7 Å². The Morgan fingerprint density at radius 3 is 2.80 bits per heavy atom. The van der Waals surface area contributed by atoms with Crippen LogP contribution in [0.25, 0.3) is 0 Å². The topological polar surface area (TPSA) is 83.1 Å². The molecule has 1 fully saturated rings. The van der Waals surface area contributed by atoms with Crippen LogP contribution in [0, 0.1) is 0 Å². The summed E-state index contributed by atoms with van der Waals surface area (Å²) in [7, 11) is 3.20. The van der Waals surface area contributed by atoms with Crippen molar-refractivity contribution < 1.29 is 19.1 Å². The van der Waals surface area contributed by atoms with E-state index < -0.39 is 0 Å². The molecule has 8 nitrogen and oxygen atoms in total. The number of methoxy groups -OCH3 is 2. The summed E-state index contributed by atoms with van der Waals surface area (Å²) in [5.74, 6) is 1.02. The molecule has 0 bridgehead atoms. The van der Waals surface area contributed by atoms with Gasteiger partial charge >= 0.3 is 0 Å². The standard InChI is InChI=1S/C21H24N4O4S/c1-28-18-6-5-14(10-19(18)29-2)16-11-17-21(27)24(7-8-25(17)23-16)13-20(26)22-12-15-4-3-9-30-15/h3-10,16-17,23H,11-13H2,1-2H3,(H,22,26). The first kappa shape index (κ1) is 20.2. The lowest BCUT2D eigenvalue weighted by Crippen LogP contribution is -2.50. The summed E-state index contributed by atoms with van der Waals surface area (Å²) in [6.45, 7) is 0.479. The average molecular weight is 429 g/mol. The number of carbonyl (C=O) groups excluding carboxylic acids is 2. The maximum atomic E-state index is 12.9. The van der Waals surface area contributed by atoms with Crippen molar-refractivity contribution in [1.29, 1.82) is 0 Å². The fraction of sp³-hybridized carbons (Fsp3) is 0.333. The number of ether oxygens (including phenoxy) is 2. The van der Waals surface area contributed by atoms with Gasteiger partial charge in [0.05, 0.1) is 26.8 Å². The Kier molecular flexibility index (Phi) is 5.91. The zero-order chi connectivity index (χ0) is 21.1. The molecule has 30 heavy (non-hydrogen) atoms. The molecule has 4 rings (SSSR count). The van der Waals surface area contributed by atoms with Crippen molar-refractivity contribution in [3.05, 3.63) is 58.6 Å². The second-order valence-electron chi connectivity index (χ2n) is 7.08. The summed E-state index contributed by atoms with van der Waals surface area (Å²) in [5.41, 5.74) is 4.35. The molecular formula is C21H24N4O4S. The van der Waals surface area contributed by atoms with Crippen LogP contribution in [0.15, 0.2) is 48.1 Å². The van der Waals surface area contributed by atoms with Gasteiger partial charge in [-0.05, 0) is 35.6 Å². The largest absolute Gasteiger partial charge is 0.493 e. The van der Waals surface area contributed by atoms with E-state index in [-0.39, 0.29) is 30.4 Å². The summed E-state index contributed by atoms with van der Waals surface area (Å²) in [5, 5.41) is 6.64. The molecule has 9 heteroatoms. The molecule has 2 aromatic rings. The second-order valence-corrected chi connectivity index (χ2v) is 8.11. The Labute approximate surface area is 179 Å². The first-order valence-electron chi connectivity index (χ1n) is 9.63. The highest BCUT2D eigenvalue weighted by Gasteiger charge is 2.40. The van der Waals surface area contributed by atoms with Crippen molar-refractivity contribution in [3.8, 4) is 11.5 Å². The van der Waals surface area contributed by atoms with Crippen molar-refractivity contribution >= 4 is 23.2 Å². The number of hydrogen-bond acceptors (Lipinski definition) is 7. The molecule has 2 aliphatic heterocycles. The first-order valence-corrected chi connectivity index (χ1v) is 10.5. The average Bonchev–Trinajstić information content (AvgIpc) is 3.44. The molecule has 158 valence electrons.